The number of carbonyl (C=O) groups is 1. The molecule has 0 atom stereocenters. The van der Waals surface area contributed by atoms with Crippen LogP contribution in [0.2, 0.25) is 5.15 Å². The van der Waals surface area contributed by atoms with Crippen LogP contribution in [0.5, 0.6) is 0 Å². The zero-order valence-corrected chi connectivity index (χ0v) is 10.6. The number of hydrogen-bond acceptors (Lipinski definition) is 6. The molecule has 0 saturated carbocycles. The van der Waals surface area contributed by atoms with Crippen LogP contribution in [0.3, 0.4) is 0 Å². The van der Waals surface area contributed by atoms with Crippen LogP contribution >= 0.6 is 11.6 Å². The Morgan fingerprint density at radius 1 is 1.59 bits per heavy atom. The van der Waals surface area contributed by atoms with E-state index in [0.29, 0.717) is 12.4 Å². The second kappa shape index (κ2) is 6.24. The van der Waals surface area contributed by atoms with Crippen molar-refractivity contribution in [3.63, 3.8) is 0 Å². The van der Waals surface area contributed by atoms with E-state index in [2.05, 4.69) is 14.7 Å². The van der Waals surface area contributed by atoms with Gasteiger partial charge in [-0.25, -0.2) is 9.97 Å². The summed E-state index contributed by atoms with van der Waals surface area (Å²) < 4.78 is 4.62. The molecule has 0 aliphatic carbocycles. The fourth-order valence-corrected chi connectivity index (χ4v) is 1.50. The van der Waals surface area contributed by atoms with Crippen LogP contribution in [0.25, 0.3) is 0 Å². The molecule has 0 aliphatic rings. The number of nitrogen functional groups attached to an aromatic ring is 1. The van der Waals surface area contributed by atoms with E-state index in [9.17, 15) is 4.79 Å². The average molecular weight is 259 g/mol. The molecule has 0 bridgehead atoms. The van der Waals surface area contributed by atoms with Crippen molar-refractivity contribution < 1.29 is 9.53 Å². The molecule has 0 unspecified atom stereocenters. The number of methoxy groups -OCH3 is 1. The maximum Gasteiger partial charge on any atom is 0.325 e. The van der Waals surface area contributed by atoms with E-state index < -0.39 is 0 Å². The maximum atomic E-state index is 11.3. The molecule has 1 aromatic rings. The van der Waals surface area contributed by atoms with E-state index >= 15 is 0 Å². The molecule has 0 aliphatic heterocycles. The highest BCUT2D eigenvalue weighted by molar-refractivity contribution is 6.32. The summed E-state index contributed by atoms with van der Waals surface area (Å²) in [5.41, 5.74) is 6.05. The monoisotopic (exact) mass is 258 g/mol. The standard InChI is InChI=1S/C10H15ClN4O2/c1-3-4-15(5-7(16)17-2)10-8(12)9(11)13-6-14-10/h6H,3-5,12H2,1-2H3. The largest absolute Gasteiger partial charge is 0.468 e. The summed E-state index contributed by atoms with van der Waals surface area (Å²) in [6, 6.07) is 0. The van der Waals surface area contributed by atoms with Crippen LogP contribution in [0.1, 0.15) is 13.3 Å². The third-order valence-electron chi connectivity index (χ3n) is 2.15. The molecule has 7 heteroatoms. The summed E-state index contributed by atoms with van der Waals surface area (Å²) in [6.07, 6.45) is 2.16. The molecular weight excluding hydrogens is 244 g/mol. The van der Waals surface area contributed by atoms with Gasteiger partial charge in [0.2, 0.25) is 0 Å². The van der Waals surface area contributed by atoms with E-state index in [0.717, 1.165) is 6.42 Å². The van der Waals surface area contributed by atoms with Crippen molar-refractivity contribution in [3.05, 3.63) is 11.5 Å². The fourth-order valence-electron chi connectivity index (χ4n) is 1.37. The lowest BCUT2D eigenvalue weighted by Gasteiger charge is -2.22. The smallest absolute Gasteiger partial charge is 0.325 e. The van der Waals surface area contributed by atoms with E-state index in [1.807, 2.05) is 6.92 Å². The van der Waals surface area contributed by atoms with Gasteiger partial charge in [0.15, 0.2) is 11.0 Å². The van der Waals surface area contributed by atoms with Crippen molar-refractivity contribution in [2.24, 2.45) is 0 Å². The Morgan fingerprint density at radius 3 is 2.88 bits per heavy atom. The number of carbonyl (C=O) groups excluding carboxylic acids is 1. The van der Waals surface area contributed by atoms with Gasteiger partial charge in [-0.1, -0.05) is 18.5 Å². The molecular formula is C10H15ClN4O2. The SMILES string of the molecule is CCCN(CC(=O)OC)c1ncnc(Cl)c1N. The van der Waals surface area contributed by atoms with Gasteiger partial charge in [-0.2, -0.15) is 0 Å². The minimum atomic E-state index is -0.354. The van der Waals surface area contributed by atoms with Crippen LogP contribution in [0, 0.1) is 0 Å². The molecule has 0 fully saturated rings. The molecule has 0 radical (unpaired) electrons. The molecule has 0 saturated heterocycles. The van der Waals surface area contributed by atoms with Crippen LogP contribution < -0.4 is 10.6 Å². The summed E-state index contributed by atoms with van der Waals surface area (Å²) >= 11 is 5.81. The summed E-state index contributed by atoms with van der Waals surface area (Å²) in [6.45, 7) is 2.71. The fraction of sp³-hybridized carbons (Fsp3) is 0.500. The number of halogens is 1. The second-order valence-corrected chi connectivity index (χ2v) is 3.76. The first kappa shape index (κ1) is 13.5. The molecule has 17 heavy (non-hydrogen) atoms. The molecule has 0 aromatic carbocycles. The third kappa shape index (κ3) is 3.45. The van der Waals surface area contributed by atoms with E-state index in [4.69, 9.17) is 17.3 Å². The van der Waals surface area contributed by atoms with Crippen molar-refractivity contribution in [1.29, 1.82) is 0 Å². The van der Waals surface area contributed by atoms with Crippen molar-refractivity contribution in [1.82, 2.24) is 9.97 Å². The van der Waals surface area contributed by atoms with Gasteiger partial charge in [0.1, 0.15) is 18.6 Å². The minimum Gasteiger partial charge on any atom is -0.468 e. The predicted molar refractivity (Wildman–Crippen MR) is 66.0 cm³/mol. The molecule has 1 rings (SSSR count). The summed E-state index contributed by atoms with van der Waals surface area (Å²) in [4.78, 5) is 20.8. The molecule has 1 heterocycles. The van der Waals surface area contributed by atoms with Gasteiger partial charge in [-0.05, 0) is 6.42 Å². The van der Waals surface area contributed by atoms with Crippen LogP contribution in [-0.2, 0) is 9.53 Å². The molecule has 2 N–H and O–H groups in total. The topological polar surface area (TPSA) is 81.3 Å². The number of esters is 1. The van der Waals surface area contributed by atoms with Crippen molar-refractivity contribution in [2.75, 3.05) is 30.8 Å². The van der Waals surface area contributed by atoms with E-state index in [-0.39, 0.29) is 23.4 Å². The van der Waals surface area contributed by atoms with Crippen LogP contribution in [0.15, 0.2) is 6.33 Å². The molecule has 0 spiro atoms. The molecule has 6 nitrogen and oxygen atoms in total. The Kier molecular flexibility index (Phi) is 4.96. The summed E-state index contributed by atoms with van der Waals surface area (Å²) in [7, 11) is 1.34. The lowest BCUT2D eigenvalue weighted by molar-refractivity contribution is -0.138. The second-order valence-electron chi connectivity index (χ2n) is 3.40. The summed E-state index contributed by atoms with van der Waals surface area (Å²) in [5.74, 6) is 0.102. The normalized spacial score (nSPS) is 10.1. The number of anilines is 2. The lowest BCUT2D eigenvalue weighted by atomic mass is 10.3. The van der Waals surface area contributed by atoms with Gasteiger partial charge in [0.25, 0.3) is 0 Å². The van der Waals surface area contributed by atoms with E-state index in [1.54, 1.807) is 4.90 Å². The van der Waals surface area contributed by atoms with Gasteiger partial charge >= 0.3 is 5.97 Å². The van der Waals surface area contributed by atoms with Crippen LogP contribution in [0.4, 0.5) is 11.5 Å². The molecule has 0 amide bonds. The van der Waals surface area contributed by atoms with Gasteiger partial charge in [0, 0.05) is 6.54 Å². The Hall–Kier alpha value is -1.56. The Bertz CT molecular complexity index is 400. The van der Waals surface area contributed by atoms with Crippen molar-refractivity contribution in [3.8, 4) is 0 Å². The highest BCUT2D eigenvalue weighted by Crippen LogP contribution is 2.25. The Morgan fingerprint density at radius 2 is 2.29 bits per heavy atom. The van der Waals surface area contributed by atoms with Gasteiger partial charge in [-0.15, -0.1) is 0 Å². The first-order valence-electron chi connectivity index (χ1n) is 5.17. The first-order chi connectivity index (χ1) is 8.10. The zero-order chi connectivity index (χ0) is 12.8. The number of nitrogens with two attached hydrogens (primary N) is 1. The maximum absolute atomic E-state index is 11.3. The number of aromatic nitrogens is 2. The van der Waals surface area contributed by atoms with E-state index in [1.165, 1.54) is 13.4 Å². The zero-order valence-electron chi connectivity index (χ0n) is 9.81. The average Bonchev–Trinajstić information content (AvgIpc) is 2.32. The quantitative estimate of drug-likeness (QED) is 0.629. The van der Waals surface area contributed by atoms with Crippen molar-refractivity contribution in [2.45, 2.75) is 13.3 Å². The highest BCUT2D eigenvalue weighted by atomic mass is 35.5. The Balaban J connectivity index is 2.96. The minimum absolute atomic E-state index is 0.0852. The van der Waals surface area contributed by atoms with Crippen LogP contribution in [-0.4, -0.2) is 36.1 Å². The number of ether oxygens (including phenoxy) is 1. The number of rotatable bonds is 5. The van der Waals surface area contributed by atoms with Gasteiger partial charge in [0.05, 0.1) is 7.11 Å². The molecule has 94 valence electrons. The predicted octanol–water partition coefficient (Wildman–Crippen LogP) is 1.10. The number of hydrogen-bond donors (Lipinski definition) is 1. The number of nitrogens with zero attached hydrogens (tertiary/aromatic N) is 3. The Labute approximate surface area is 105 Å². The third-order valence-corrected chi connectivity index (χ3v) is 2.46. The van der Waals surface area contributed by atoms with Gasteiger partial charge < -0.3 is 15.4 Å². The van der Waals surface area contributed by atoms with Crippen molar-refractivity contribution >= 4 is 29.1 Å². The summed E-state index contributed by atoms with van der Waals surface area (Å²) in [5, 5.41) is 0.181. The first-order valence-corrected chi connectivity index (χ1v) is 5.55. The highest BCUT2D eigenvalue weighted by Gasteiger charge is 2.16. The molecule has 1 aromatic heterocycles. The lowest BCUT2D eigenvalue weighted by Crippen LogP contribution is -2.32. The van der Waals surface area contributed by atoms with Gasteiger partial charge in [-0.3, -0.25) is 4.79 Å².